The zero-order valence-electron chi connectivity index (χ0n) is 12.2. The number of nitrogens with two attached hydrogens (primary N) is 2. The van der Waals surface area contributed by atoms with Crippen LogP contribution in [0.3, 0.4) is 0 Å². The van der Waals surface area contributed by atoms with E-state index >= 15 is 0 Å². The zero-order chi connectivity index (χ0) is 15.4. The van der Waals surface area contributed by atoms with Crippen LogP contribution in [0.1, 0.15) is 24.9 Å². The molecule has 1 heterocycles. The van der Waals surface area contributed by atoms with Gasteiger partial charge in [0.15, 0.2) is 0 Å². The molecule has 6 heteroatoms. The van der Waals surface area contributed by atoms with E-state index in [1.807, 2.05) is 24.3 Å². The molecule has 3 atom stereocenters. The molecule has 3 unspecified atom stereocenters. The molecule has 1 aromatic carbocycles. The lowest BCUT2D eigenvalue weighted by molar-refractivity contribution is -0.132. The molecule has 4 N–H and O–H groups in total. The Morgan fingerprint density at radius 3 is 2.95 bits per heavy atom. The number of benzene rings is 1. The van der Waals surface area contributed by atoms with Crippen molar-refractivity contribution >= 4 is 21.8 Å². The number of halogens is 1. The molecule has 0 radical (unpaired) electrons. The maximum Gasteiger partial charge on any atom is 0.237 e. The Hall–Kier alpha value is -0.950. The fourth-order valence-corrected chi connectivity index (χ4v) is 3.21. The highest BCUT2D eigenvalue weighted by atomic mass is 79.9. The molecule has 5 nitrogen and oxygen atoms in total. The maximum absolute atomic E-state index is 11.7. The maximum atomic E-state index is 11.7. The van der Waals surface area contributed by atoms with Crippen LogP contribution in [-0.4, -0.2) is 42.6 Å². The SMILES string of the molecule is CCC(N)C(c1cccc(Br)c1)N1CCOCC1C(N)=O. The van der Waals surface area contributed by atoms with Gasteiger partial charge < -0.3 is 16.2 Å². The van der Waals surface area contributed by atoms with E-state index in [-0.39, 0.29) is 18.0 Å². The summed E-state index contributed by atoms with van der Waals surface area (Å²) in [5.41, 5.74) is 13.0. The minimum atomic E-state index is -0.430. The molecule has 0 bridgehead atoms. The molecule has 1 amide bonds. The van der Waals surface area contributed by atoms with Crippen molar-refractivity contribution in [3.63, 3.8) is 0 Å². The van der Waals surface area contributed by atoms with Gasteiger partial charge in [0.2, 0.25) is 5.91 Å². The molecule has 1 saturated heterocycles. The average molecular weight is 356 g/mol. The molecule has 1 aromatic rings. The average Bonchev–Trinajstić information content (AvgIpc) is 2.47. The first kappa shape index (κ1) is 16.4. The van der Waals surface area contributed by atoms with Crippen LogP contribution < -0.4 is 11.5 Å². The number of hydrogen-bond acceptors (Lipinski definition) is 4. The molecule has 0 aromatic heterocycles. The van der Waals surface area contributed by atoms with E-state index in [0.29, 0.717) is 19.8 Å². The summed E-state index contributed by atoms with van der Waals surface area (Å²) in [6.07, 6.45) is 0.819. The van der Waals surface area contributed by atoms with E-state index in [9.17, 15) is 4.79 Å². The Balaban J connectivity index is 2.36. The van der Waals surface area contributed by atoms with Crippen molar-refractivity contribution in [1.29, 1.82) is 0 Å². The van der Waals surface area contributed by atoms with Gasteiger partial charge in [-0.3, -0.25) is 9.69 Å². The summed E-state index contributed by atoms with van der Waals surface area (Å²) in [5, 5.41) is 0. The Morgan fingerprint density at radius 2 is 2.33 bits per heavy atom. The molecule has 116 valence electrons. The molecule has 1 aliphatic rings. The van der Waals surface area contributed by atoms with E-state index in [1.165, 1.54) is 0 Å². The summed E-state index contributed by atoms with van der Waals surface area (Å²) in [7, 11) is 0. The topological polar surface area (TPSA) is 81.6 Å². The predicted octanol–water partition coefficient (Wildman–Crippen LogP) is 1.41. The Morgan fingerprint density at radius 1 is 1.57 bits per heavy atom. The fourth-order valence-electron chi connectivity index (χ4n) is 2.79. The number of morpholine rings is 1. The number of nitrogens with zero attached hydrogens (tertiary/aromatic N) is 1. The first-order valence-electron chi connectivity index (χ1n) is 7.18. The molecule has 0 saturated carbocycles. The highest BCUT2D eigenvalue weighted by Crippen LogP contribution is 2.30. The van der Waals surface area contributed by atoms with Gasteiger partial charge in [0.1, 0.15) is 6.04 Å². The monoisotopic (exact) mass is 355 g/mol. The van der Waals surface area contributed by atoms with Crippen LogP contribution in [0.25, 0.3) is 0 Å². The van der Waals surface area contributed by atoms with Crippen LogP contribution in [0.5, 0.6) is 0 Å². The van der Waals surface area contributed by atoms with Crippen molar-refractivity contribution in [1.82, 2.24) is 4.90 Å². The smallest absolute Gasteiger partial charge is 0.237 e. The Kier molecular flexibility index (Phi) is 5.75. The van der Waals surface area contributed by atoms with Crippen LogP contribution in [0.2, 0.25) is 0 Å². The minimum Gasteiger partial charge on any atom is -0.378 e. The normalized spacial score (nSPS) is 22.7. The van der Waals surface area contributed by atoms with Gasteiger partial charge in [-0.15, -0.1) is 0 Å². The summed E-state index contributed by atoms with van der Waals surface area (Å²) in [5.74, 6) is -0.363. The van der Waals surface area contributed by atoms with Gasteiger partial charge in [0.25, 0.3) is 0 Å². The molecular formula is C15H22BrN3O2. The first-order valence-corrected chi connectivity index (χ1v) is 7.97. The standard InChI is InChI=1S/C15H22BrN3O2/c1-2-12(17)14(10-4-3-5-11(16)8-10)19-6-7-21-9-13(19)15(18)20/h3-5,8,12-14H,2,6-7,9,17H2,1H3,(H2,18,20). The lowest BCUT2D eigenvalue weighted by atomic mass is 9.94. The van der Waals surface area contributed by atoms with Gasteiger partial charge in [-0.05, 0) is 24.1 Å². The zero-order valence-corrected chi connectivity index (χ0v) is 13.8. The third-order valence-electron chi connectivity index (χ3n) is 3.92. The van der Waals surface area contributed by atoms with Crippen LogP contribution in [-0.2, 0) is 9.53 Å². The number of rotatable bonds is 5. The second-order valence-corrected chi connectivity index (χ2v) is 6.22. The lowest BCUT2D eigenvalue weighted by Crippen LogP contribution is -2.56. The number of ether oxygens (including phenoxy) is 1. The summed E-state index contributed by atoms with van der Waals surface area (Å²) in [6.45, 7) is 3.62. The second-order valence-electron chi connectivity index (χ2n) is 5.30. The van der Waals surface area contributed by atoms with Gasteiger partial charge in [-0.1, -0.05) is 35.0 Å². The largest absolute Gasteiger partial charge is 0.378 e. The third-order valence-corrected chi connectivity index (χ3v) is 4.42. The van der Waals surface area contributed by atoms with Crippen molar-refractivity contribution in [2.45, 2.75) is 31.5 Å². The Labute approximate surface area is 133 Å². The quantitative estimate of drug-likeness (QED) is 0.836. The third kappa shape index (κ3) is 3.83. The summed E-state index contributed by atoms with van der Waals surface area (Å²) in [4.78, 5) is 13.8. The molecule has 2 rings (SSSR count). The van der Waals surface area contributed by atoms with Crippen LogP contribution in [0.15, 0.2) is 28.7 Å². The second kappa shape index (κ2) is 7.35. The molecule has 1 fully saturated rings. The van der Waals surface area contributed by atoms with Gasteiger partial charge in [-0.2, -0.15) is 0 Å². The predicted molar refractivity (Wildman–Crippen MR) is 85.7 cm³/mol. The first-order chi connectivity index (χ1) is 10.0. The van der Waals surface area contributed by atoms with Crippen molar-refractivity contribution in [2.24, 2.45) is 11.5 Å². The lowest BCUT2D eigenvalue weighted by Gasteiger charge is -2.42. The summed E-state index contributed by atoms with van der Waals surface area (Å²) in [6, 6.07) is 7.50. The van der Waals surface area contributed by atoms with Crippen molar-refractivity contribution in [2.75, 3.05) is 19.8 Å². The van der Waals surface area contributed by atoms with Crippen LogP contribution in [0, 0.1) is 0 Å². The van der Waals surface area contributed by atoms with E-state index in [2.05, 4.69) is 27.8 Å². The van der Waals surface area contributed by atoms with Crippen LogP contribution >= 0.6 is 15.9 Å². The molecule has 0 aliphatic carbocycles. The number of carbonyl (C=O) groups is 1. The van der Waals surface area contributed by atoms with E-state index in [1.54, 1.807) is 0 Å². The fraction of sp³-hybridized carbons (Fsp3) is 0.533. The Bertz CT molecular complexity index is 498. The van der Waals surface area contributed by atoms with Gasteiger partial charge in [0, 0.05) is 17.1 Å². The number of amides is 1. The van der Waals surface area contributed by atoms with Crippen molar-refractivity contribution in [3.05, 3.63) is 34.3 Å². The van der Waals surface area contributed by atoms with E-state index < -0.39 is 6.04 Å². The number of carbonyl (C=O) groups excluding carboxylic acids is 1. The molecular weight excluding hydrogens is 334 g/mol. The van der Waals surface area contributed by atoms with Gasteiger partial charge >= 0.3 is 0 Å². The molecule has 21 heavy (non-hydrogen) atoms. The summed E-state index contributed by atoms with van der Waals surface area (Å²) >= 11 is 3.49. The van der Waals surface area contributed by atoms with Crippen LogP contribution in [0.4, 0.5) is 0 Å². The molecule has 0 spiro atoms. The molecule has 1 aliphatic heterocycles. The number of hydrogen-bond donors (Lipinski definition) is 2. The highest BCUT2D eigenvalue weighted by Gasteiger charge is 2.36. The van der Waals surface area contributed by atoms with Crippen molar-refractivity contribution < 1.29 is 9.53 Å². The summed E-state index contributed by atoms with van der Waals surface area (Å²) < 4.78 is 6.40. The minimum absolute atomic E-state index is 0.0473. The van der Waals surface area contributed by atoms with Gasteiger partial charge in [-0.25, -0.2) is 0 Å². The van der Waals surface area contributed by atoms with E-state index in [4.69, 9.17) is 16.2 Å². The van der Waals surface area contributed by atoms with E-state index in [0.717, 1.165) is 16.5 Å². The van der Waals surface area contributed by atoms with Gasteiger partial charge in [0.05, 0.1) is 19.3 Å². The highest BCUT2D eigenvalue weighted by molar-refractivity contribution is 9.10. The van der Waals surface area contributed by atoms with Crippen molar-refractivity contribution in [3.8, 4) is 0 Å². The number of primary amides is 1.